The van der Waals surface area contributed by atoms with Crippen LogP contribution in [0.1, 0.15) is 6.92 Å². The lowest BCUT2D eigenvalue weighted by Gasteiger charge is -2.34. The number of carbonyl (C=O) groups excluding carboxylic acids is 1. The Bertz CT molecular complexity index is 715. The lowest BCUT2D eigenvalue weighted by Crippen LogP contribution is -2.62. The molecule has 4 nitrogen and oxygen atoms in total. The topological polar surface area (TPSA) is 47.6 Å². The molecule has 0 unspecified atom stereocenters. The van der Waals surface area contributed by atoms with Crippen LogP contribution in [0, 0.1) is 0 Å². The third-order valence-corrected chi connectivity index (χ3v) is 3.07. The van der Waals surface area contributed by atoms with Gasteiger partial charge in [0.25, 0.3) is 5.91 Å². The van der Waals surface area contributed by atoms with Crippen LogP contribution < -0.4 is 10.1 Å². The molecule has 0 heterocycles. The molecule has 0 aliphatic rings. The fourth-order valence-corrected chi connectivity index (χ4v) is 1.65. The summed E-state index contributed by atoms with van der Waals surface area (Å²) in [6.45, 7) is 1.72. The van der Waals surface area contributed by atoms with Crippen molar-refractivity contribution in [3.63, 3.8) is 0 Å². The summed E-state index contributed by atoms with van der Waals surface area (Å²) in [5.41, 5.74) is -0.667. The molecule has 0 radical (unpaired) electrons. The Hall–Kier alpha value is -2.32. The second-order valence-electron chi connectivity index (χ2n) is 5.20. The molecular formula is C14H10F11NO3. The summed E-state index contributed by atoms with van der Waals surface area (Å²) < 4.78 is 147. The minimum atomic E-state index is -7.25. The van der Waals surface area contributed by atoms with Gasteiger partial charge in [-0.1, -0.05) is 0 Å². The van der Waals surface area contributed by atoms with E-state index in [1.54, 1.807) is 6.92 Å². The van der Waals surface area contributed by atoms with Gasteiger partial charge in [-0.25, -0.2) is 0 Å². The van der Waals surface area contributed by atoms with Crippen molar-refractivity contribution in [1.29, 1.82) is 0 Å². The van der Waals surface area contributed by atoms with E-state index in [9.17, 15) is 53.1 Å². The van der Waals surface area contributed by atoms with E-state index in [2.05, 4.69) is 4.74 Å². The number of nitrogens with one attached hydrogen (secondary N) is 1. The normalized spacial score (nSPS) is 15.6. The molecule has 15 heteroatoms. The molecule has 0 fully saturated rings. The lowest BCUT2D eigenvalue weighted by atomic mass is 10.2. The van der Waals surface area contributed by atoms with Crippen molar-refractivity contribution in [3.05, 3.63) is 24.3 Å². The van der Waals surface area contributed by atoms with Crippen LogP contribution in [0.5, 0.6) is 5.75 Å². The van der Waals surface area contributed by atoms with Crippen LogP contribution in [0.3, 0.4) is 0 Å². The second-order valence-corrected chi connectivity index (χ2v) is 5.20. The van der Waals surface area contributed by atoms with E-state index in [1.807, 2.05) is 0 Å². The number of ether oxygens (including phenoxy) is 2. The Kier molecular flexibility index (Phi) is 6.68. The average molecular weight is 449 g/mol. The zero-order chi connectivity index (χ0) is 22.9. The van der Waals surface area contributed by atoms with Crippen LogP contribution in [0.25, 0.3) is 0 Å². The highest BCUT2D eigenvalue weighted by Crippen LogP contribution is 2.51. The number of halogens is 11. The van der Waals surface area contributed by atoms with Crippen LogP contribution in [0.15, 0.2) is 24.3 Å². The van der Waals surface area contributed by atoms with Gasteiger partial charge < -0.3 is 10.1 Å². The number of carbonyl (C=O) groups is 1. The smallest absolute Gasteiger partial charge is 0.462 e. The van der Waals surface area contributed by atoms with Crippen LogP contribution in [0.4, 0.5) is 54.0 Å². The SMILES string of the molecule is CCOc1ccc(NC(=O)[C@@](F)(OC(F)(F)C(F)(F)C(F)(F)F)C(F)(F)F)cc1. The van der Waals surface area contributed by atoms with Gasteiger partial charge in [-0.15, -0.1) is 0 Å². The van der Waals surface area contributed by atoms with Crippen LogP contribution >= 0.6 is 0 Å². The van der Waals surface area contributed by atoms with Crippen molar-refractivity contribution >= 4 is 11.6 Å². The standard InChI is InChI=1S/C14H10F11NO3/c1-2-28-8-5-3-7(4-6-8)26-9(27)10(15,12(18,19)20)29-14(24,25)11(16,17)13(21,22)23/h3-6H,2H2,1H3,(H,26,27)/t10-/m1/s1. The number of benzene rings is 1. The maximum Gasteiger partial charge on any atom is 0.462 e. The Morgan fingerprint density at radius 3 is 1.72 bits per heavy atom. The van der Waals surface area contributed by atoms with Gasteiger partial charge in [0.2, 0.25) is 0 Å². The predicted octanol–water partition coefficient (Wildman–Crippen LogP) is 5.06. The third-order valence-electron chi connectivity index (χ3n) is 3.07. The van der Waals surface area contributed by atoms with Gasteiger partial charge in [0, 0.05) is 5.69 Å². The van der Waals surface area contributed by atoms with Gasteiger partial charge in [0.15, 0.2) is 0 Å². The summed E-state index contributed by atoms with van der Waals surface area (Å²) in [6, 6.07) is 3.70. The van der Waals surface area contributed by atoms with Gasteiger partial charge in [-0.05, 0) is 31.2 Å². The fourth-order valence-electron chi connectivity index (χ4n) is 1.65. The molecule has 1 aromatic carbocycles. The molecule has 0 aliphatic heterocycles. The molecule has 0 bridgehead atoms. The second kappa shape index (κ2) is 7.84. The minimum absolute atomic E-state index is 0.125. The van der Waals surface area contributed by atoms with Crippen molar-refractivity contribution in [3.8, 4) is 5.75 Å². The minimum Gasteiger partial charge on any atom is -0.494 e. The summed E-state index contributed by atoms with van der Waals surface area (Å²) >= 11 is 0. The molecule has 0 spiro atoms. The van der Waals surface area contributed by atoms with Crippen molar-refractivity contribution in [2.45, 2.75) is 37.2 Å². The fraction of sp³-hybridized carbons (Fsp3) is 0.500. The van der Waals surface area contributed by atoms with E-state index >= 15 is 0 Å². The summed E-state index contributed by atoms with van der Waals surface area (Å²) in [6.07, 6.45) is -21.0. The molecular weight excluding hydrogens is 439 g/mol. The Labute approximate surface area is 154 Å². The lowest BCUT2D eigenvalue weighted by molar-refractivity contribution is -0.472. The highest BCUT2D eigenvalue weighted by Gasteiger charge is 2.79. The van der Waals surface area contributed by atoms with Crippen LogP contribution in [-0.4, -0.2) is 42.8 Å². The molecule has 1 atom stereocenters. The number of rotatable bonds is 7. The molecule has 1 rings (SSSR count). The Morgan fingerprint density at radius 1 is 0.862 bits per heavy atom. The van der Waals surface area contributed by atoms with Gasteiger partial charge >= 0.3 is 30.2 Å². The van der Waals surface area contributed by atoms with E-state index in [4.69, 9.17) is 4.74 Å². The summed E-state index contributed by atoms with van der Waals surface area (Å²) in [5.74, 6) is -16.5. The highest BCUT2D eigenvalue weighted by atomic mass is 19.4. The van der Waals surface area contributed by atoms with E-state index in [0.29, 0.717) is 0 Å². The number of anilines is 1. The van der Waals surface area contributed by atoms with E-state index in [0.717, 1.165) is 29.6 Å². The largest absolute Gasteiger partial charge is 0.494 e. The van der Waals surface area contributed by atoms with Gasteiger partial charge in [0.05, 0.1) is 6.61 Å². The molecule has 0 saturated carbocycles. The highest BCUT2D eigenvalue weighted by molar-refractivity contribution is 5.96. The first-order valence-corrected chi connectivity index (χ1v) is 7.21. The van der Waals surface area contributed by atoms with Crippen molar-refractivity contribution in [1.82, 2.24) is 0 Å². The first-order valence-electron chi connectivity index (χ1n) is 7.21. The van der Waals surface area contributed by atoms with E-state index in [1.165, 1.54) is 0 Å². The molecule has 29 heavy (non-hydrogen) atoms. The third kappa shape index (κ3) is 5.00. The number of alkyl halides is 11. The van der Waals surface area contributed by atoms with E-state index < -0.39 is 41.8 Å². The molecule has 0 aliphatic carbocycles. The summed E-state index contributed by atoms with van der Waals surface area (Å²) in [5, 5.41) is 1.10. The first-order chi connectivity index (χ1) is 12.9. The first kappa shape index (κ1) is 24.7. The average Bonchev–Trinajstić information content (AvgIpc) is 2.54. The summed E-state index contributed by atoms with van der Waals surface area (Å²) in [4.78, 5) is 11.5. The Balaban J connectivity index is 3.22. The van der Waals surface area contributed by atoms with Crippen molar-refractivity contribution < 1.29 is 62.6 Å². The van der Waals surface area contributed by atoms with Crippen LogP contribution in [0.2, 0.25) is 0 Å². The molecule has 0 aromatic heterocycles. The molecule has 1 aromatic rings. The van der Waals surface area contributed by atoms with Crippen molar-refractivity contribution in [2.24, 2.45) is 0 Å². The molecule has 1 N–H and O–H groups in total. The van der Waals surface area contributed by atoms with Gasteiger partial charge in [-0.3, -0.25) is 9.53 Å². The Morgan fingerprint density at radius 2 is 1.34 bits per heavy atom. The number of hydrogen-bond donors (Lipinski definition) is 1. The molecule has 166 valence electrons. The van der Waals surface area contributed by atoms with Crippen molar-refractivity contribution in [2.75, 3.05) is 11.9 Å². The number of hydrogen-bond acceptors (Lipinski definition) is 3. The zero-order valence-corrected chi connectivity index (χ0v) is 13.9. The summed E-state index contributed by atoms with van der Waals surface area (Å²) in [7, 11) is 0. The quantitative estimate of drug-likeness (QED) is 0.593. The van der Waals surface area contributed by atoms with Crippen LogP contribution in [-0.2, 0) is 9.53 Å². The van der Waals surface area contributed by atoms with E-state index in [-0.39, 0.29) is 12.4 Å². The zero-order valence-electron chi connectivity index (χ0n) is 13.9. The molecule has 0 saturated heterocycles. The van der Waals surface area contributed by atoms with Gasteiger partial charge in [-0.2, -0.15) is 48.3 Å². The number of amides is 1. The predicted molar refractivity (Wildman–Crippen MR) is 73.2 cm³/mol. The van der Waals surface area contributed by atoms with Gasteiger partial charge in [0.1, 0.15) is 5.75 Å². The monoisotopic (exact) mass is 449 g/mol. The maximum absolute atomic E-state index is 14.0. The maximum atomic E-state index is 14.0. The molecule has 1 amide bonds.